The van der Waals surface area contributed by atoms with Crippen LogP contribution in [0.25, 0.3) is 5.69 Å². The first kappa shape index (κ1) is 28.5. The Labute approximate surface area is 245 Å². The number of ether oxygens (including phenoxy) is 3. The molecule has 1 aromatic heterocycles. The molecular formula is C32H36N4O4S. The summed E-state index contributed by atoms with van der Waals surface area (Å²) >= 11 is 1.43. The van der Waals surface area contributed by atoms with Crippen molar-refractivity contribution in [1.29, 1.82) is 0 Å². The van der Waals surface area contributed by atoms with Crippen molar-refractivity contribution in [3.05, 3.63) is 84.2 Å². The van der Waals surface area contributed by atoms with Crippen LogP contribution in [-0.2, 0) is 11.2 Å². The van der Waals surface area contributed by atoms with Crippen molar-refractivity contribution in [1.82, 2.24) is 19.7 Å². The van der Waals surface area contributed by atoms with Crippen molar-refractivity contribution < 1.29 is 19.0 Å². The van der Waals surface area contributed by atoms with Crippen LogP contribution in [0.5, 0.6) is 23.0 Å². The summed E-state index contributed by atoms with van der Waals surface area (Å²) in [6, 6.07) is 23.7. The Morgan fingerprint density at radius 1 is 0.927 bits per heavy atom. The number of aromatic nitrogens is 3. The molecule has 3 aromatic carbocycles. The number of piperidine rings is 1. The Hall–Kier alpha value is -3.98. The first-order valence-electron chi connectivity index (χ1n) is 14.0. The number of hydrogen-bond acceptors (Lipinski definition) is 7. The van der Waals surface area contributed by atoms with Crippen molar-refractivity contribution in [3.8, 4) is 28.7 Å². The smallest absolute Gasteiger partial charge is 0.233 e. The van der Waals surface area contributed by atoms with E-state index in [2.05, 4.69) is 22.0 Å². The molecule has 1 amide bonds. The van der Waals surface area contributed by atoms with Gasteiger partial charge in [0, 0.05) is 24.7 Å². The van der Waals surface area contributed by atoms with Gasteiger partial charge in [-0.2, -0.15) is 0 Å². The van der Waals surface area contributed by atoms with Gasteiger partial charge in [0.1, 0.15) is 17.3 Å². The fourth-order valence-corrected chi connectivity index (χ4v) is 6.05. The maximum absolute atomic E-state index is 13.2. The van der Waals surface area contributed by atoms with Gasteiger partial charge in [0.2, 0.25) is 5.91 Å². The zero-order valence-electron chi connectivity index (χ0n) is 23.8. The van der Waals surface area contributed by atoms with Crippen molar-refractivity contribution in [2.24, 2.45) is 0 Å². The molecule has 41 heavy (non-hydrogen) atoms. The lowest BCUT2D eigenvalue weighted by Gasteiger charge is -2.35. The van der Waals surface area contributed by atoms with Gasteiger partial charge >= 0.3 is 0 Å². The first-order chi connectivity index (χ1) is 20.1. The Bertz CT molecular complexity index is 1440. The lowest BCUT2D eigenvalue weighted by Crippen LogP contribution is -2.44. The topological polar surface area (TPSA) is 78.7 Å². The molecule has 0 radical (unpaired) electrons. The number of carbonyl (C=O) groups excluding carboxylic acids is 1. The minimum Gasteiger partial charge on any atom is -0.493 e. The van der Waals surface area contributed by atoms with E-state index < -0.39 is 0 Å². The van der Waals surface area contributed by atoms with E-state index in [0.29, 0.717) is 34.9 Å². The minimum absolute atomic E-state index is 0.157. The van der Waals surface area contributed by atoms with Gasteiger partial charge in [-0.1, -0.05) is 43.0 Å². The molecule has 214 valence electrons. The monoisotopic (exact) mass is 572 g/mol. The molecular weight excluding hydrogens is 536 g/mol. The van der Waals surface area contributed by atoms with Crippen LogP contribution in [0.1, 0.15) is 44.0 Å². The number of para-hydroxylation sites is 1. The number of amides is 1. The molecule has 8 nitrogen and oxygen atoms in total. The Balaban J connectivity index is 1.41. The van der Waals surface area contributed by atoms with E-state index in [0.717, 1.165) is 54.4 Å². The molecule has 0 N–H and O–H groups in total. The highest BCUT2D eigenvalue weighted by atomic mass is 32.2. The first-order valence-corrected chi connectivity index (χ1v) is 15.0. The summed E-state index contributed by atoms with van der Waals surface area (Å²) in [7, 11) is 3.25. The van der Waals surface area contributed by atoms with E-state index in [9.17, 15) is 4.79 Å². The molecule has 0 spiro atoms. The summed E-state index contributed by atoms with van der Waals surface area (Å²) in [5, 5.41) is 9.77. The third-order valence-electron chi connectivity index (χ3n) is 7.33. The fraction of sp³-hybridized carbons (Fsp3) is 0.344. The zero-order valence-corrected chi connectivity index (χ0v) is 24.6. The molecule has 4 aromatic rings. The van der Waals surface area contributed by atoms with Crippen molar-refractivity contribution in [3.63, 3.8) is 0 Å². The summed E-state index contributed by atoms with van der Waals surface area (Å²) in [5.41, 5.74) is 1.90. The molecule has 0 bridgehead atoms. The van der Waals surface area contributed by atoms with E-state index in [1.54, 1.807) is 14.2 Å². The van der Waals surface area contributed by atoms with Crippen LogP contribution >= 0.6 is 11.8 Å². The summed E-state index contributed by atoms with van der Waals surface area (Å²) in [5.74, 6) is 4.07. The minimum atomic E-state index is 0.157. The average molecular weight is 573 g/mol. The SMILES string of the molecule is CCC1CCCCN1C(=O)CSc1nnc(Cc2ccc(OC)c(OC)c2)n1-c1ccc(Oc2ccccc2)cc1. The number of rotatable bonds is 11. The van der Waals surface area contributed by atoms with E-state index in [-0.39, 0.29) is 5.91 Å². The van der Waals surface area contributed by atoms with Crippen molar-refractivity contribution >= 4 is 17.7 Å². The molecule has 1 atom stereocenters. The largest absolute Gasteiger partial charge is 0.493 e. The molecule has 0 saturated carbocycles. The summed E-state index contributed by atoms with van der Waals surface area (Å²) in [4.78, 5) is 15.3. The van der Waals surface area contributed by atoms with Crippen molar-refractivity contribution in [2.45, 2.75) is 50.2 Å². The third kappa shape index (κ3) is 6.85. The number of carbonyl (C=O) groups is 1. The average Bonchev–Trinajstić information content (AvgIpc) is 3.42. The van der Waals surface area contributed by atoms with E-state index in [4.69, 9.17) is 14.2 Å². The summed E-state index contributed by atoms with van der Waals surface area (Å²) in [6.07, 6.45) is 4.84. The van der Waals surface area contributed by atoms with Crippen LogP contribution in [0.15, 0.2) is 78.0 Å². The van der Waals surface area contributed by atoms with Crippen LogP contribution < -0.4 is 14.2 Å². The van der Waals surface area contributed by atoms with Gasteiger partial charge in [-0.05, 0) is 79.8 Å². The predicted molar refractivity (Wildman–Crippen MR) is 161 cm³/mol. The second-order valence-corrected chi connectivity index (χ2v) is 10.9. The van der Waals surface area contributed by atoms with Gasteiger partial charge in [0.15, 0.2) is 16.7 Å². The lowest BCUT2D eigenvalue weighted by molar-refractivity contribution is -0.132. The van der Waals surface area contributed by atoms with Gasteiger partial charge in [0.25, 0.3) is 0 Å². The molecule has 2 heterocycles. The van der Waals surface area contributed by atoms with Crippen LogP contribution in [-0.4, -0.2) is 58.1 Å². The number of hydrogen-bond donors (Lipinski definition) is 0. The normalized spacial score (nSPS) is 15.0. The Kier molecular flexibility index (Phi) is 9.46. The lowest BCUT2D eigenvalue weighted by atomic mass is 10.0. The van der Waals surface area contributed by atoms with Crippen LogP contribution in [0.2, 0.25) is 0 Å². The molecule has 0 aliphatic carbocycles. The molecule has 9 heteroatoms. The maximum Gasteiger partial charge on any atom is 0.233 e. The maximum atomic E-state index is 13.2. The van der Waals surface area contributed by atoms with E-state index >= 15 is 0 Å². The second-order valence-electron chi connectivity index (χ2n) is 9.94. The third-order valence-corrected chi connectivity index (χ3v) is 8.24. The van der Waals surface area contributed by atoms with E-state index in [1.807, 2.05) is 77.4 Å². The van der Waals surface area contributed by atoms with E-state index in [1.165, 1.54) is 18.2 Å². The van der Waals surface area contributed by atoms with Gasteiger partial charge in [-0.25, -0.2) is 0 Å². The fourth-order valence-electron chi connectivity index (χ4n) is 5.19. The Morgan fingerprint density at radius 2 is 1.68 bits per heavy atom. The highest BCUT2D eigenvalue weighted by Crippen LogP contribution is 2.31. The quantitative estimate of drug-likeness (QED) is 0.189. The summed E-state index contributed by atoms with van der Waals surface area (Å²) < 4.78 is 18.9. The highest BCUT2D eigenvalue weighted by Gasteiger charge is 2.26. The number of likely N-dealkylation sites (tertiary alicyclic amines) is 1. The molecule has 1 aliphatic heterocycles. The number of thioether (sulfide) groups is 1. The second kappa shape index (κ2) is 13.6. The van der Waals surface area contributed by atoms with Gasteiger partial charge < -0.3 is 19.1 Å². The van der Waals surface area contributed by atoms with Crippen LogP contribution in [0.3, 0.4) is 0 Å². The molecule has 1 unspecified atom stereocenters. The van der Waals surface area contributed by atoms with Gasteiger partial charge in [-0.3, -0.25) is 9.36 Å². The standard InChI is InChI=1S/C32H36N4O4S/c1-4-24-10-8-9-19-35(24)31(37)22-41-32-34-33-30(21-23-13-18-28(38-2)29(20-23)39-3)36(32)25-14-16-27(17-15-25)40-26-11-6-5-7-12-26/h5-7,11-18,20,24H,4,8-10,19,21-22H2,1-3H3. The van der Waals surface area contributed by atoms with Crippen LogP contribution in [0.4, 0.5) is 0 Å². The predicted octanol–water partition coefficient (Wildman–Crippen LogP) is 6.55. The van der Waals surface area contributed by atoms with Crippen LogP contribution in [0, 0.1) is 0 Å². The molecule has 1 saturated heterocycles. The molecule has 5 rings (SSSR count). The highest BCUT2D eigenvalue weighted by molar-refractivity contribution is 7.99. The van der Waals surface area contributed by atoms with Gasteiger partial charge in [0.05, 0.1) is 20.0 Å². The zero-order chi connectivity index (χ0) is 28.6. The molecule has 1 aliphatic rings. The van der Waals surface area contributed by atoms with Gasteiger partial charge in [-0.15, -0.1) is 10.2 Å². The van der Waals surface area contributed by atoms with Crippen molar-refractivity contribution in [2.75, 3.05) is 26.5 Å². The number of benzene rings is 3. The number of methoxy groups -OCH3 is 2. The summed E-state index contributed by atoms with van der Waals surface area (Å²) in [6.45, 7) is 2.99. The molecule has 1 fully saturated rings. The number of nitrogens with zero attached hydrogens (tertiary/aromatic N) is 4. The Morgan fingerprint density at radius 3 is 2.41 bits per heavy atom.